The number of amides is 2. The molecule has 108 valence electrons. The minimum absolute atomic E-state index is 0.206. The molecule has 1 aliphatic rings. The van der Waals surface area contributed by atoms with Gasteiger partial charge in [0.25, 0.3) is 11.8 Å². The number of anilines is 2. The van der Waals surface area contributed by atoms with Gasteiger partial charge in [-0.25, -0.2) is 0 Å². The lowest BCUT2D eigenvalue weighted by Gasteiger charge is -2.31. The van der Waals surface area contributed by atoms with Crippen LogP contribution in [0.2, 0.25) is 0 Å². The molecule has 1 aromatic heterocycles. The van der Waals surface area contributed by atoms with Crippen LogP contribution in [0, 0.1) is 0 Å². The van der Waals surface area contributed by atoms with Crippen LogP contribution in [-0.4, -0.2) is 17.4 Å². The second-order valence-electron chi connectivity index (χ2n) is 5.21. The third kappa shape index (κ3) is 2.47. The highest BCUT2D eigenvalue weighted by atomic mass is 16.5. The van der Waals surface area contributed by atoms with Crippen LogP contribution in [-0.2, 0) is 4.79 Å². The molecule has 0 unspecified atom stereocenters. The lowest BCUT2D eigenvalue weighted by molar-refractivity contribution is -0.129. The van der Waals surface area contributed by atoms with Crippen molar-refractivity contribution in [3.8, 4) is 5.75 Å². The fourth-order valence-electron chi connectivity index (χ4n) is 1.98. The van der Waals surface area contributed by atoms with Gasteiger partial charge in [-0.3, -0.25) is 9.59 Å². The monoisotopic (exact) mass is 286 g/mol. The molecule has 6 heteroatoms. The highest BCUT2D eigenvalue weighted by Crippen LogP contribution is 2.35. The van der Waals surface area contributed by atoms with E-state index in [1.54, 1.807) is 44.2 Å². The second kappa shape index (κ2) is 4.66. The van der Waals surface area contributed by atoms with Crippen LogP contribution >= 0.6 is 0 Å². The Labute approximate surface area is 121 Å². The number of nitrogens with one attached hydrogen (secondary N) is 2. The third-order valence-corrected chi connectivity index (χ3v) is 3.14. The smallest absolute Gasteiger partial charge is 0.291 e. The number of carbonyl (C=O) groups excluding carboxylic acids is 2. The van der Waals surface area contributed by atoms with Crippen LogP contribution in [0.15, 0.2) is 41.0 Å². The Balaban J connectivity index is 1.84. The van der Waals surface area contributed by atoms with Crippen molar-refractivity contribution < 1.29 is 18.7 Å². The normalized spacial score (nSPS) is 15.6. The van der Waals surface area contributed by atoms with Gasteiger partial charge in [0.2, 0.25) is 0 Å². The first-order valence-corrected chi connectivity index (χ1v) is 6.45. The summed E-state index contributed by atoms with van der Waals surface area (Å²) in [5.74, 6) is 0.181. The first-order chi connectivity index (χ1) is 9.95. The van der Waals surface area contributed by atoms with Crippen LogP contribution in [0.25, 0.3) is 0 Å². The van der Waals surface area contributed by atoms with E-state index in [4.69, 9.17) is 9.15 Å². The zero-order valence-electron chi connectivity index (χ0n) is 11.6. The molecular weight excluding hydrogens is 272 g/mol. The Hall–Kier alpha value is -2.76. The number of furan rings is 1. The van der Waals surface area contributed by atoms with Crippen molar-refractivity contribution >= 4 is 23.2 Å². The van der Waals surface area contributed by atoms with Crippen molar-refractivity contribution in [3.05, 3.63) is 42.4 Å². The van der Waals surface area contributed by atoms with Gasteiger partial charge in [-0.05, 0) is 38.1 Å². The van der Waals surface area contributed by atoms with E-state index >= 15 is 0 Å². The number of ether oxygens (including phenoxy) is 1. The zero-order valence-corrected chi connectivity index (χ0v) is 11.6. The third-order valence-electron chi connectivity index (χ3n) is 3.14. The molecule has 0 bridgehead atoms. The maximum Gasteiger partial charge on any atom is 0.291 e. The van der Waals surface area contributed by atoms with Crippen molar-refractivity contribution in [2.24, 2.45) is 0 Å². The summed E-state index contributed by atoms with van der Waals surface area (Å²) in [4.78, 5) is 23.7. The summed E-state index contributed by atoms with van der Waals surface area (Å²) in [5, 5.41) is 5.47. The summed E-state index contributed by atoms with van der Waals surface area (Å²) in [5.41, 5.74) is 0.189. The number of hydrogen-bond donors (Lipinski definition) is 2. The Morgan fingerprint density at radius 2 is 2.10 bits per heavy atom. The van der Waals surface area contributed by atoms with E-state index in [-0.39, 0.29) is 17.6 Å². The molecule has 2 heterocycles. The maximum atomic E-state index is 11.9. The maximum absolute atomic E-state index is 11.9. The lowest BCUT2D eigenvalue weighted by Crippen LogP contribution is -2.45. The first-order valence-electron chi connectivity index (χ1n) is 6.45. The van der Waals surface area contributed by atoms with Gasteiger partial charge in [-0.1, -0.05) is 0 Å². The molecule has 1 aliphatic heterocycles. The molecule has 0 saturated carbocycles. The van der Waals surface area contributed by atoms with Gasteiger partial charge < -0.3 is 19.8 Å². The van der Waals surface area contributed by atoms with Crippen molar-refractivity contribution in [2.45, 2.75) is 19.4 Å². The molecule has 6 nitrogen and oxygen atoms in total. The molecule has 0 spiro atoms. The summed E-state index contributed by atoms with van der Waals surface area (Å²) in [6.45, 7) is 3.36. The first kappa shape index (κ1) is 13.2. The molecule has 21 heavy (non-hydrogen) atoms. The van der Waals surface area contributed by atoms with E-state index in [1.165, 1.54) is 6.26 Å². The van der Waals surface area contributed by atoms with Gasteiger partial charge in [0.05, 0.1) is 12.0 Å². The fourth-order valence-corrected chi connectivity index (χ4v) is 1.98. The van der Waals surface area contributed by atoms with E-state index in [9.17, 15) is 9.59 Å². The van der Waals surface area contributed by atoms with Gasteiger partial charge in [0, 0.05) is 11.8 Å². The standard InChI is InChI=1S/C15H14N2O4/c1-15(2)14(19)17-10-6-5-9(8-12(10)21-15)16-13(18)11-4-3-7-20-11/h3-8H,1-2H3,(H,16,18)(H,17,19). The largest absolute Gasteiger partial charge is 0.476 e. The minimum Gasteiger partial charge on any atom is -0.476 e. The summed E-state index contributed by atoms with van der Waals surface area (Å²) < 4.78 is 10.7. The Morgan fingerprint density at radius 1 is 1.29 bits per heavy atom. The average molecular weight is 286 g/mol. The molecule has 0 aliphatic carbocycles. The molecule has 2 aromatic rings. The molecular formula is C15H14N2O4. The Kier molecular flexibility index (Phi) is 2.94. The molecule has 0 radical (unpaired) electrons. The van der Waals surface area contributed by atoms with Crippen LogP contribution < -0.4 is 15.4 Å². The highest BCUT2D eigenvalue weighted by Gasteiger charge is 2.35. The predicted octanol–water partition coefficient (Wildman–Crippen LogP) is 2.64. The molecule has 0 saturated heterocycles. The van der Waals surface area contributed by atoms with Crippen molar-refractivity contribution in [2.75, 3.05) is 10.6 Å². The average Bonchev–Trinajstić information content (AvgIpc) is 2.94. The number of hydrogen-bond acceptors (Lipinski definition) is 4. The molecule has 3 rings (SSSR count). The van der Waals surface area contributed by atoms with Gasteiger partial charge in [0.1, 0.15) is 5.75 Å². The summed E-state index contributed by atoms with van der Waals surface area (Å²) in [7, 11) is 0. The Bertz CT molecular complexity index is 704. The molecule has 1 aromatic carbocycles. The van der Waals surface area contributed by atoms with E-state index in [0.29, 0.717) is 17.1 Å². The summed E-state index contributed by atoms with van der Waals surface area (Å²) in [6.07, 6.45) is 1.43. The van der Waals surface area contributed by atoms with Gasteiger partial charge in [-0.2, -0.15) is 0 Å². The topological polar surface area (TPSA) is 80.6 Å². The van der Waals surface area contributed by atoms with Crippen molar-refractivity contribution in [1.29, 1.82) is 0 Å². The summed E-state index contributed by atoms with van der Waals surface area (Å²) in [6, 6.07) is 8.25. The van der Waals surface area contributed by atoms with Gasteiger partial charge in [-0.15, -0.1) is 0 Å². The Morgan fingerprint density at radius 3 is 2.81 bits per heavy atom. The van der Waals surface area contributed by atoms with E-state index < -0.39 is 5.60 Å². The molecule has 0 fully saturated rings. The number of carbonyl (C=O) groups is 2. The number of fused-ring (bicyclic) bond motifs is 1. The van der Waals surface area contributed by atoms with E-state index in [2.05, 4.69) is 10.6 Å². The van der Waals surface area contributed by atoms with Gasteiger partial charge in [0.15, 0.2) is 11.4 Å². The zero-order chi connectivity index (χ0) is 15.0. The van der Waals surface area contributed by atoms with Crippen molar-refractivity contribution in [1.82, 2.24) is 0 Å². The molecule has 2 N–H and O–H groups in total. The SMILES string of the molecule is CC1(C)Oc2cc(NC(=O)c3ccco3)ccc2NC1=O. The van der Waals surface area contributed by atoms with Crippen LogP contribution in [0.1, 0.15) is 24.4 Å². The highest BCUT2D eigenvalue weighted by molar-refractivity contribution is 6.03. The second-order valence-corrected chi connectivity index (χ2v) is 5.21. The van der Waals surface area contributed by atoms with Crippen LogP contribution in [0.4, 0.5) is 11.4 Å². The number of rotatable bonds is 2. The summed E-state index contributed by atoms with van der Waals surface area (Å²) >= 11 is 0. The lowest BCUT2D eigenvalue weighted by atomic mass is 10.1. The number of benzene rings is 1. The van der Waals surface area contributed by atoms with E-state index in [0.717, 1.165) is 0 Å². The fraction of sp³-hybridized carbons (Fsp3) is 0.200. The van der Waals surface area contributed by atoms with Crippen LogP contribution in [0.5, 0.6) is 5.75 Å². The van der Waals surface area contributed by atoms with Crippen LogP contribution in [0.3, 0.4) is 0 Å². The van der Waals surface area contributed by atoms with E-state index in [1.807, 2.05) is 0 Å². The molecule has 2 amide bonds. The van der Waals surface area contributed by atoms with Gasteiger partial charge >= 0.3 is 0 Å². The predicted molar refractivity (Wildman–Crippen MR) is 76.4 cm³/mol. The minimum atomic E-state index is -0.948. The van der Waals surface area contributed by atoms with Crippen molar-refractivity contribution in [3.63, 3.8) is 0 Å². The molecule has 0 atom stereocenters. The quantitative estimate of drug-likeness (QED) is 0.889.